The molecule has 0 saturated carbocycles. The van der Waals surface area contributed by atoms with Gasteiger partial charge in [-0.05, 0) is 45.2 Å². The van der Waals surface area contributed by atoms with E-state index >= 15 is 0 Å². The smallest absolute Gasteiger partial charge is 0.399 e. The molecule has 2 aromatic heterocycles. The SMILES string of the molecule is CC1(C)OB(c2cccnc2-c2ccsc2)OC1(C)C. The maximum Gasteiger partial charge on any atom is 0.497 e. The monoisotopic (exact) mass is 287 g/mol. The summed E-state index contributed by atoms with van der Waals surface area (Å²) in [6, 6.07) is 6.03. The van der Waals surface area contributed by atoms with Gasteiger partial charge in [-0.2, -0.15) is 11.3 Å². The van der Waals surface area contributed by atoms with Gasteiger partial charge in [0.1, 0.15) is 0 Å². The van der Waals surface area contributed by atoms with Crippen molar-refractivity contribution in [2.24, 2.45) is 0 Å². The van der Waals surface area contributed by atoms with Gasteiger partial charge in [0.2, 0.25) is 0 Å². The Morgan fingerprint density at radius 1 is 1.10 bits per heavy atom. The van der Waals surface area contributed by atoms with Crippen LogP contribution in [0, 0.1) is 0 Å². The van der Waals surface area contributed by atoms with E-state index in [1.807, 2.05) is 18.3 Å². The third-order valence-electron chi connectivity index (χ3n) is 4.14. The standard InChI is InChI=1S/C15H18BNO2S/c1-14(2)15(3,4)19-16(18-14)12-6-5-8-17-13(12)11-7-9-20-10-11/h5-10H,1-4H3. The van der Waals surface area contributed by atoms with E-state index < -0.39 is 0 Å². The van der Waals surface area contributed by atoms with Gasteiger partial charge in [0.25, 0.3) is 0 Å². The number of rotatable bonds is 2. The molecular formula is C15H18BNO2S. The normalized spacial score (nSPS) is 20.3. The maximum absolute atomic E-state index is 6.13. The minimum Gasteiger partial charge on any atom is -0.399 e. The fourth-order valence-electron chi connectivity index (χ4n) is 2.22. The Labute approximate surface area is 124 Å². The zero-order chi connectivity index (χ0) is 14.4. The summed E-state index contributed by atoms with van der Waals surface area (Å²) in [4.78, 5) is 4.51. The molecule has 20 heavy (non-hydrogen) atoms. The van der Waals surface area contributed by atoms with Crippen molar-refractivity contribution < 1.29 is 9.31 Å². The van der Waals surface area contributed by atoms with Crippen LogP contribution in [-0.4, -0.2) is 23.3 Å². The van der Waals surface area contributed by atoms with Crippen LogP contribution in [-0.2, 0) is 9.31 Å². The number of nitrogens with zero attached hydrogens (tertiary/aromatic N) is 1. The van der Waals surface area contributed by atoms with Crippen molar-refractivity contribution in [1.29, 1.82) is 0 Å². The average Bonchev–Trinajstić information content (AvgIpc) is 2.97. The molecule has 104 valence electrons. The van der Waals surface area contributed by atoms with E-state index in [-0.39, 0.29) is 18.3 Å². The van der Waals surface area contributed by atoms with Crippen LogP contribution in [0.2, 0.25) is 0 Å². The molecule has 0 amide bonds. The van der Waals surface area contributed by atoms with Crippen molar-refractivity contribution in [1.82, 2.24) is 4.98 Å². The number of thiophene rings is 1. The van der Waals surface area contributed by atoms with Crippen LogP contribution in [0.25, 0.3) is 11.3 Å². The summed E-state index contributed by atoms with van der Waals surface area (Å²) >= 11 is 1.66. The maximum atomic E-state index is 6.13. The summed E-state index contributed by atoms with van der Waals surface area (Å²) in [5.74, 6) is 0. The van der Waals surface area contributed by atoms with Crippen LogP contribution in [0.15, 0.2) is 35.2 Å². The van der Waals surface area contributed by atoms with Gasteiger partial charge in [-0.15, -0.1) is 0 Å². The van der Waals surface area contributed by atoms with Crippen molar-refractivity contribution in [2.45, 2.75) is 38.9 Å². The summed E-state index contributed by atoms with van der Waals surface area (Å²) in [7, 11) is -0.372. The van der Waals surface area contributed by atoms with Crippen molar-refractivity contribution in [3.05, 3.63) is 35.2 Å². The van der Waals surface area contributed by atoms with Crippen molar-refractivity contribution in [2.75, 3.05) is 0 Å². The molecule has 0 spiro atoms. The van der Waals surface area contributed by atoms with Gasteiger partial charge in [0.05, 0.1) is 16.9 Å². The Bertz CT molecular complexity index is 594. The molecule has 5 heteroatoms. The molecule has 2 aromatic rings. The van der Waals surface area contributed by atoms with Gasteiger partial charge < -0.3 is 9.31 Å². The molecule has 0 aliphatic carbocycles. The molecule has 0 aromatic carbocycles. The van der Waals surface area contributed by atoms with E-state index in [1.165, 1.54) is 0 Å². The van der Waals surface area contributed by atoms with E-state index in [0.717, 1.165) is 16.7 Å². The highest BCUT2D eigenvalue weighted by molar-refractivity contribution is 7.08. The highest BCUT2D eigenvalue weighted by atomic mass is 32.1. The van der Waals surface area contributed by atoms with Gasteiger partial charge in [0.15, 0.2) is 0 Å². The molecule has 3 rings (SSSR count). The van der Waals surface area contributed by atoms with Crippen LogP contribution in [0.1, 0.15) is 27.7 Å². The summed E-state index contributed by atoms with van der Waals surface area (Å²) in [5, 5.41) is 4.15. The van der Waals surface area contributed by atoms with Crippen molar-refractivity contribution >= 4 is 23.9 Å². The van der Waals surface area contributed by atoms with Gasteiger partial charge in [-0.25, -0.2) is 0 Å². The minimum atomic E-state index is -0.372. The average molecular weight is 287 g/mol. The molecule has 1 aliphatic rings. The molecule has 3 heterocycles. The summed E-state index contributed by atoms with van der Waals surface area (Å²) in [6.45, 7) is 8.25. The molecular weight excluding hydrogens is 269 g/mol. The second-order valence-electron chi connectivity index (χ2n) is 6.04. The molecule has 0 unspecified atom stereocenters. The Morgan fingerprint density at radius 3 is 2.40 bits per heavy atom. The lowest BCUT2D eigenvalue weighted by atomic mass is 9.77. The number of aromatic nitrogens is 1. The number of hydrogen-bond acceptors (Lipinski definition) is 4. The molecule has 3 nitrogen and oxygen atoms in total. The van der Waals surface area contributed by atoms with Crippen LogP contribution in [0.5, 0.6) is 0 Å². The Kier molecular flexibility index (Phi) is 3.24. The predicted molar refractivity (Wildman–Crippen MR) is 83.3 cm³/mol. The van der Waals surface area contributed by atoms with Gasteiger partial charge in [-0.1, -0.05) is 6.07 Å². The molecule has 0 radical (unpaired) electrons. The van der Waals surface area contributed by atoms with E-state index in [1.54, 1.807) is 11.3 Å². The first-order chi connectivity index (χ1) is 9.41. The minimum absolute atomic E-state index is 0.334. The van der Waals surface area contributed by atoms with E-state index in [9.17, 15) is 0 Å². The van der Waals surface area contributed by atoms with Gasteiger partial charge in [0, 0.05) is 22.6 Å². The number of pyridine rings is 1. The topological polar surface area (TPSA) is 31.4 Å². The molecule has 1 aliphatic heterocycles. The van der Waals surface area contributed by atoms with Crippen LogP contribution >= 0.6 is 11.3 Å². The Morgan fingerprint density at radius 2 is 1.80 bits per heavy atom. The molecule has 0 N–H and O–H groups in total. The van der Waals surface area contributed by atoms with E-state index in [2.05, 4.69) is 49.5 Å². The van der Waals surface area contributed by atoms with Gasteiger partial charge in [-0.3, -0.25) is 4.98 Å². The first-order valence-electron chi connectivity index (χ1n) is 6.74. The quantitative estimate of drug-likeness (QED) is 0.795. The first-order valence-corrected chi connectivity index (χ1v) is 7.68. The predicted octanol–water partition coefficient (Wildman–Crippen LogP) is 3.11. The molecule has 1 saturated heterocycles. The second-order valence-corrected chi connectivity index (χ2v) is 6.82. The lowest BCUT2D eigenvalue weighted by Crippen LogP contribution is -2.41. The summed E-state index contributed by atoms with van der Waals surface area (Å²) in [5.41, 5.74) is 2.37. The molecule has 1 fully saturated rings. The Balaban J connectivity index is 2.01. The highest BCUT2D eigenvalue weighted by Gasteiger charge is 2.52. The zero-order valence-corrected chi connectivity index (χ0v) is 13.0. The van der Waals surface area contributed by atoms with Crippen molar-refractivity contribution in [3.63, 3.8) is 0 Å². The third kappa shape index (κ3) is 2.20. The number of hydrogen-bond donors (Lipinski definition) is 0. The van der Waals surface area contributed by atoms with Crippen LogP contribution in [0.3, 0.4) is 0 Å². The third-order valence-corrected chi connectivity index (χ3v) is 4.82. The second kappa shape index (κ2) is 4.69. The van der Waals surface area contributed by atoms with Crippen LogP contribution < -0.4 is 5.46 Å². The van der Waals surface area contributed by atoms with Crippen molar-refractivity contribution in [3.8, 4) is 11.3 Å². The summed E-state index contributed by atoms with van der Waals surface area (Å²) in [6.07, 6.45) is 1.81. The lowest BCUT2D eigenvalue weighted by Gasteiger charge is -2.32. The highest BCUT2D eigenvalue weighted by Crippen LogP contribution is 2.37. The fourth-order valence-corrected chi connectivity index (χ4v) is 2.86. The lowest BCUT2D eigenvalue weighted by molar-refractivity contribution is 0.00578. The van der Waals surface area contributed by atoms with E-state index in [0.29, 0.717) is 0 Å². The van der Waals surface area contributed by atoms with E-state index in [4.69, 9.17) is 9.31 Å². The first kappa shape index (κ1) is 13.8. The fraction of sp³-hybridized carbons (Fsp3) is 0.400. The largest absolute Gasteiger partial charge is 0.497 e. The molecule has 0 bridgehead atoms. The Hall–Kier alpha value is -1.17. The molecule has 0 atom stereocenters. The van der Waals surface area contributed by atoms with Gasteiger partial charge >= 0.3 is 7.12 Å². The summed E-state index contributed by atoms with van der Waals surface area (Å²) < 4.78 is 12.3. The van der Waals surface area contributed by atoms with Crippen LogP contribution in [0.4, 0.5) is 0 Å². The zero-order valence-electron chi connectivity index (χ0n) is 12.2.